The fourth-order valence-electron chi connectivity index (χ4n) is 1.64. The van der Waals surface area contributed by atoms with Crippen LogP contribution in [0, 0.1) is 5.92 Å². The van der Waals surface area contributed by atoms with Gasteiger partial charge < -0.3 is 4.74 Å². The Hall–Kier alpha value is -1.24. The zero-order chi connectivity index (χ0) is 11.3. The molecular weight excluding hydrogens is 184 g/mol. The van der Waals surface area contributed by atoms with E-state index < -0.39 is 0 Å². The molecule has 0 unspecified atom stereocenters. The maximum atomic E-state index is 5.52. The van der Waals surface area contributed by atoms with Crippen LogP contribution in [-0.4, -0.2) is 6.61 Å². The highest BCUT2D eigenvalue weighted by Crippen LogP contribution is 2.20. The number of benzene rings is 1. The first kappa shape index (κ1) is 11.8. The second kappa shape index (κ2) is 5.59. The van der Waals surface area contributed by atoms with Crippen molar-refractivity contribution < 1.29 is 4.74 Å². The lowest BCUT2D eigenvalue weighted by molar-refractivity contribution is 0.339. The lowest BCUT2D eigenvalue weighted by atomic mass is 10.0. The highest BCUT2D eigenvalue weighted by atomic mass is 16.5. The molecule has 0 spiro atoms. The van der Waals surface area contributed by atoms with Crippen molar-refractivity contribution in [1.82, 2.24) is 0 Å². The number of rotatable bonds is 5. The molecule has 1 rings (SSSR count). The summed E-state index contributed by atoms with van der Waals surface area (Å²) in [7, 11) is 0. The molecule has 0 saturated carbocycles. The highest BCUT2D eigenvalue weighted by molar-refractivity contribution is 5.51. The van der Waals surface area contributed by atoms with E-state index in [9.17, 15) is 0 Å². The van der Waals surface area contributed by atoms with Crippen molar-refractivity contribution >= 4 is 6.08 Å². The molecule has 0 fully saturated rings. The third kappa shape index (κ3) is 3.78. The fraction of sp³-hybridized carbons (Fsp3) is 0.429. The average Bonchev–Trinajstić information content (AvgIpc) is 2.16. The topological polar surface area (TPSA) is 9.23 Å². The van der Waals surface area contributed by atoms with Crippen LogP contribution in [0.4, 0.5) is 0 Å². The van der Waals surface area contributed by atoms with E-state index in [0.29, 0.717) is 12.5 Å². The summed E-state index contributed by atoms with van der Waals surface area (Å²) in [6.45, 7) is 11.0. The van der Waals surface area contributed by atoms with Crippen LogP contribution in [0.1, 0.15) is 31.9 Å². The summed E-state index contributed by atoms with van der Waals surface area (Å²) in [5, 5.41) is 0. The zero-order valence-electron chi connectivity index (χ0n) is 9.92. The quantitative estimate of drug-likeness (QED) is 0.706. The van der Waals surface area contributed by atoms with Gasteiger partial charge in [-0.2, -0.15) is 0 Å². The van der Waals surface area contributed by atoms with E-state index >= 15 is 0 Å². The molecule has 15 heavy (non-hydrogen) atoms. The molecule has 0 heterocycles. The van der Waals surface area contributed by atoms with Gasteiger partial charge in [0.2, 0.25) is 0 Å². The van der Waals surface area contributed by atoms with Gasteiger partial charge in [0, 0.05) is 0 Å². The number of hydrogen-bond donors (Lipinski definition) is 0. The van der Waals surface area contributed by atoms with Gasteiger partial charge in [-0.05, 0) is 42.5 Å². The lowest BCUT2D eigenvalue weighted by Gasteiger charge is -2.10. The van der Waals surface area contributed by atoms with Gasteiger partial charge in [0.1, 0.15) is 5.75 Å². The maximum Gasteiger partial charge on any atom is 0.120 e. The van der Waals surface area contributed by atoms with E-state index in [0.717, 1.165) is 17.7 Å². The van der Waals surface area contributed by atoms with Crippen LogP contribution in [-0.2, 0) is 6.42 Å². The normalized spacial score (nSPS) is 10.4. The molecule has 1 aromatic rings. The van der Waals surface area contributed by atoms with E-state index in [1.807, 2.05) is 19.1 Å². The number of hydrogen-bond acceptors (Lipinski definition) is 1. The van der Waals surface area contributed by atoms with Gasteiger partial charge in [-0.1, -0.05) is 32.6 Å². The van der Waals surface area contributed by atoms with Crippen LogP contribution in [0.25, 0.3) is 6.08 Å². The Morgan fingerprint density at radius 1 is 1.33 bits per heavy atom. The average molecular weight is 204 g/mol. The Morgan fingerprint density at radius 3 is 2.60 bits per heavy atom. The third-order valence-electron chi connectivity index (χ3n) is 2.18. The minimum Gasteiger partial charge on any atom is -0.494 e. The molecular formula is C14H20O. The minimum absolute atomic E-state index is 0.666. The molecule has 0 bridgehead atoms. The fourth-order valence-corrected chi connectivity index (χ4v) is 1.64. The summed E-state index contributed by atoms with van der Waals surface area (Å²) in [5.74, 6) is 1.62. The molecule has 0 saturated heterocycles. The van der Waals surface area contributed by atoms with Crippen LogP contribution in [0.2, 0.25) is 0 Å². The Balaban J connectivity index is 2.94. The SMILES string of the molecule is C=Cc1cc(CC(C)C)cc(OCC)c1. The first-order valence-electron chi connectivity index (χ1n) is 5.55. The van der Waals surface area contributed by atoms with Crippen LogP contribution < -0.4 is 4.74 Å². The molecule has 0 amide bonds. The monoisotopic (exact) mass is 204 g/mol. The Kier molecular flexibility index (Phi) is 4.41. The van der Waals surface area contributed by atoms with Gasteiger partial charge in [-0.3, -0.25) is 0 Å². The molecule has 0 atom stereocenters. The van der Waals surface area contributed by atoms with Crippen LogP contribution in [0.15, 0.2) is 24.8 Å². The molecule has 0 aliphatic rings. The van der Waals surface area contributed by atoms with E-state index in [1.54, 1.807) is 0 Å². The summed E-state index contributed by atoms with van der Waals surface area (Å²) in [6, 6.07) is 6.33. The molecule has 0 aliphatic heterocycles. The molecule has 0 aromatic heterocycles. The predicted octanol–water partition coefficient (Wildman–Crippen LogP) is 3.93. The first-order chi connectivity index (χ1) is 7.15. The van der Waals surface area contributed by atoms with Gasteiger partial charge in [0.15, 0.2) is 0 Å². The second-order valence-corrected chi connectivity index (χ2v) is 4.15. The standard InChI is InChI=1S/C14H20O/c1-5-12-8-13(7-11(3)4)10-14(9-12)15-6-2/h5,8-11H,1,6-7H2,2-4H3. The predicted molar refractivity (Wildman–Crippen MR) is 66.2 cm³/mol. The van der Waals surface area contributed by atoms with E-state index in [-0.39, 0.29) is 0 Å². The summed E-state index contributed by atoms with van der Waals surface area (Å²) in [6.07, 6.45) is 2.95. The van der Waals surface area contributed by atoms with Crippen molar-refractivity contribution in [3.63, 3.8) is 0 Å². The Labute approximate surface area is 92.8 Å². The molecule has 1 aromatic carbocycles. The van der Waals surface area contributed by atoms with E-state index in [1.165, 1.54) is 5.56 Å². The molecule has 82 valence electrons. The third-order valence-corrected chi connectivity index (χ3v) is 2.18. The molecule has 1 nitrogen and oxygen atoms in total. The number of ether oxygens (including phenoxy) is 1. The largest absolute Gasteiger partial charge is 0.494 e. The van der Waals surface area contributed by atoms with Gasteiger partial charge >= 0.3 is 0 Å². The first-order valence-corrected chi connectivity index (χ1v) is 5.55. The van der Waals surface area contributed by atoms with E-state index in [2.05, 4.69) is 32.6 Å². The summed E-state index contributed by atoms with van der Waals surface area (Å²) >= 11 is 0. The summed E-state index contributed by atoms with van der Waals surface area (Å²) in [4.78, 5) is 0. The highest BCUT2D eigenvalue weighted by Gasteiger charge is 2.02. The van der Waals surface area contributed by atoms with Gasteiger partial charge in [-0.25, -0.2) is 0 Å². The van der Waals surface area contributed by atoms with Gasteiger partial charge in [0.25, 0.3) is 0 Å². The zero-order valence-corrected chi connectivity index (χ0v) is 9.92. The van der Waals surface area contributed by atoms with Crippen molar-refractivity contribution in [2.24, 2.45) is 5.92 Å². The Bertz CT molecular complexity index is 326. The van der Waals surface area contributed by atoms with Crippen LogP contribution in [0.5, 0.6) is 5.75 Å². The van der Waals surface area contributed by atoms with Crippen molar-refractivity contribution in [2.45, 2.75) is 27.2 Å². The smallest absolute Gasteiger partial charge is 0.120 e. The van der Waals surface area contributed by atoms with Crippen molar-refractivity contribution in [3.8, 4) is 5.75 Å². The van der Waals surface area contributed by atoms with Gasteiger partial charge in [0.05, 0.1) is 6.61 Å². The minimum atomic E-state index is 0.666. The second-order valence-electron chi connectivity index (χ2n) is 4.15. The van der Waals surface area contributed by atoms with E-state index in [4.69, 9.17) is 4.74 Å². The van der Waals surface area contributed by atoms with Crippen LogP contribution in [0.3, 0.4) is 0 Å². The molecule has 0 N–H and O–H groups in total. The molecule has 0 aliphatic carbocycles. The maximum absolute atomic E-state index is 5.52. The van der Waals surface area contributed by atoms with Crippen LogP contribution >= 0.6 is 0 Å². The van der Waals surface area contributed by atoms with Gasteiger partial charge in [-0.15, -0.1) is 0 Å². The summed E-state index contributed by atoms with van der Waals surface area (Å²) < 4.78 is 5.52. The summed E-state index contributed by atoms with van der Waals surface area (Å²) in [5.41, 5.74) is 2.46. The molecule has 1 heteroatoms. The Morgan fingerprint density at radius 2 is 2.07 bits per heavy atom. The van der Waals surface area contributed by atoms with Crippen molar-refractivity contribution in [3.05, 3.63) is 35.9 Å². The lowest BCUT2D eigenvalue weighted by Crippen LogP contribution is -1.97. The molecule has 0 radical (unpaired) electrons. The van der Waals surface area contributed by atoms with Crippen molar-refractivity contribution in [1.29, 1.82) is 0 Å². The van der Waals surface area contributed by atoms with Crippen molar-refractivity contribution in [2.75, 3.05) is 6.61 Å².